The number of amides is 2. The summed E-state index contributed by atoms with van der Waals surface area (Å²) in [5.74, 6) is -0.108. The van der Waals surface area contributed by atoms with Gasteiger partial charge in [0.15, 0.2) is 0 Å². The summed E-state index contributed by atoms with van der Waals surface area (Å²) in [6.07, 6.45) is 1.22. The van der Waals surface area contributed by atoms with Crippen LogP contribution in [0.3, 0.4) is 0 Å². The van der Waals surface area contributed by atoms with Crippen molar-refractivity contribution in [3.8, 4) is 0 Å². The van der Waals surface area contributed by atoms with Crippen LogP contribution in [0, 0.1) is 11.3 Å². The third kappa shape index (κ3) is 6.25. The molecular formula is C23H36ClN3O5. The quantitative estimate of drug-likeness (QED) is 0.689. The normalized spacial score (nSPS) is 20.9. The number of hydrogen-bond acceptors (Lipinski definition) is 5. The van der Waals surface area contributed by atoms with Crippen molar-refractivity contribution in [2.45, 2.75) is 72.6 Å². The number of aromatic nitrogens is 1. The summed E-state index contributed by atoms with van der Waals surface area (Å²) in [6, 6.07) is 1.19. The first-order chi connectivity index (χ1) is 14.5. The monoisotopic (exact) mass is 469 g/mol. The molecule has 1 saturated heterocycles. The molecule has 0 saturated carbocycles. The molecule has 0 spiro atoms. The molecule has 9 heteroatoms. The van der Waals surface area contributed by atoms with Gasteiger partial charge >= 0.3 is 6.09 Å². The highest BCUT2D eigenvalue weighted by Gasteiger charge is 2.49. The number of likely N-dealkylation sites (tertiary alicyclic amines) is 1. The number of ether oxygens (including phenoxy) is 1. The number of nitrogens with one attached hydrogen (secondary N) is 1. The van der Waals surface area contributed by atoms with Crippen LogP contribution in [0.4, 0.5) is 4.79 Å². The Morgan fingerprint density at radius 1 is 1.31 bits per heavy atom. The Bertz CT molecular complexity index is 919. The fourth-order valence-electron chi connectivity index (χ4n) is 3.65. The first-order valence-electron chi connectivity index (χ1n) is 10.9. The fraction of sp³-hybridized carbons (Fsp3) is 0.696. The van der Waals surface area contributed by atoms with E-state index in [0.717, 1.165) is 0 Å². The van der Waals surface area contributed by atoms with Crippen molar-refractivity contribution in [2.75, 3.05) is 19.6 Å². The first-order valence-corrected chi connectivity index (χ1v) is 11.3. The Balaban J connectivity index is 2.24. The largest absolute Gasteiger partial charge is 0.444 e. The zero-order chi connectivity index (χ0) is 24.5. The standard InChI is InChI=1S/C23H36ClN3O5/c1-15(2)11-25-19(29)16-12-27(18(28)10-17(16)24)14-23(31)8-9-26(13-22(23,6)7)20(30)32-21(3,4)5/h10,12,15,31H,8-9,11,13-14H2,1-7H3,(H,25,29). The number of piperidine rings is 1. The maximum atomic E-state index is 12.6. The third-order valence-electron chi connectivity index (χ3n) is 5.72. The summed E-state index contributed by atoms with van der Waals surface area (Å²) >= 11 is 6.16. The van der Waals surface area contributed by atoms with E-state index in [2.05, 4.69) is 5.32 Å². The van der Waals surface area contributed by atoms with Crippen LogP contribution in [0.25, 0.3) is 0 Å². The molecule has 2 amide bonds. The summed E-state index contributed by atoms with van der Waals surface area (Å²) in [7, 11) is 0. The SMILES string of the molecule is CC(C)CNC(=O)c1cn(CC2(O)CCN(C(=O)OC(C)(C)C)CC2(C)C)c(=O)cc1Cl. The Morgan fingerprint density at radius 3 is 2.47 bits per heavy atom. The summed E-state index contributed by atoms with van der Waals surface area (Å²) in [5, 5.41) is 14.4. The summed E-state index contributed by atoms with van der Waals surface area (Å²) in [4.78, 5) is 39.2. The lowest BCUT2D eigenvalue weighted by Gasteiger charge is -2.50. The molecule has 32 heavy (non-hydrogen) atoms. The topological polar surface area (TPSA) is 101 Å². The number of halogens is 1. The van der Waals surface area contributed by atoms with Gasteiger partial charge in [-0.2, -0.15) is 0 Å². The average Bonchev–Trinajstić information content (AvgIpc) is 2.63. The van der Waals surface area contributed by atoms with Gasteiger partial charge in [0.25, 0.3) is 11.5 Å². The van der Waals surface area contributed by atoms with E-state index in [1.807, 2.05) is 27.7 Å². The Morgan fingerprint density at radius 2 is 1.94 bits per heavy atom. The second-order valence-electron chi connectivity index (χ2n) is 10.7. The molecule has 1 aromatic heterocycles. The maximum Gasteiger partial charge on any atom is 0.410 e. The Kier molecular flexibility index (Phi) is 7.72. The molecule has 2 heterocycles. The van der Waals surface area contributed by atoms with E-state index in [9.17, 15) is 19.5 Å². The second-order valence-corrected chi connectivity index (χ2v) is 11.1. The molecule has 1 aliphatic heterocycles. The van der Waals surface area contributed by atoms with E-state index in [-0.39, 0.29) is 41.9 Å². The predicted octanol–water partition coefficient (Wildman–Crippen LogP) is 3.29. The fourth-order valence-corrected chi connectivity index (χ4v) is 3.88. The van der Waals surface area contributed by atoms with E-state index in [1.54, 1.807) is 25.7 Å². The number of carbonyl (C=O) groups is 2. The minimum atomic E-state index is -1.28. The number of pyridine rings is 1. The molecule has 180 valence electrons. The minimum Gasteiger partial charge on any atom is -0.444 e. The molecule has 0 radical (unpaired) electrons. The van der Waals surface area contributed by atoms with Gasteiger partial charge in [0.1, 0.15) is 5.60 Å². The maximum absolute atomic E-state index is 12.6. The van der Waals surface area contributed by atoms with Gasteiger partial charge < -0.3 is 24.6 Å². The Hall–Kier alpha value is -2.06. The van der Waals surface area contributed by atoms with Crippen LogP contribution in [0.2, 0.25) is 5.02 Å². The minimum absolute atomic E-state index is 0.0252. The lowest BCUT2D eigenvalue weighted by atomic mass is 9.70. The van der Waals surface area contributed by atoms with Gasteiger partial charge in [-0.3, -0.25) is 9.59 Å². The average molecular weight is 470 g/mol. The molecule has 2 N–H and O–H groups in total. The zero-order valence-corrected chi connectivity index (χ0v) is 20.9. The Labute approximate surface area is 194 Å². The molecule has 1 aromatic rings. The van der Waals surface area contributed by atoms with Crippen molar-refractivity contribution >= 4 is 23.6 Å². The van der Waals surface area contributed by atoms with Gasteiger partial charge in [0, 0.05) is 37.3 Å². The molecule has 0 aliphatic carbocycles. The smallest absolute Gasteiger partial charge is 0.410 e. The van der Waals surface area contributed by atoms with Gasteiger partial charge in [-0.05, 0) is 33.1 Å². The predicted molar refractivity (Wildman–Crippen MR) is 124 cm³/mol. The van der Waals surface area contributed by atoms with Crippen molar-refractivity contribution in [3.05, 3.63) is 33.2 Å². The van der Waals surface area contributed by atoms with E-state index < -0.39 is 28.3 Å². The molecule has 1 aliphatic rings. The van der Waals surface area contributed by atoms with Crippen LogP contribution in [-0.2, 0) is 11.3 Å². The molecular weight excluding hydrogens is 434 g/mol. The van der Waals surface area contributed by atoms with Crippen LogP contribution < -0.4 is 10.9 Å². The molecule has 0 aromatic carbocycles. The number of aliphatic hydroxyl groups is 1. The van der Waals surface area contributed by atoms with Crippen LogP contribution in [0.15, 0.2) is 17.1 Å². The van der Waals surface area contributed by atoms with Crippen molar-refractivity contribution < 1.29 is 19.4 Å². The first kappa shape index (κ1) is 26.2. The van der Waals surface area contributed by atoms with E-state index in [4.69, 9.17) is 16.3 Å². The van der Waals surface area contributed by atoms with Crippen LogP contribution >= 0.6 is 11.6 Å². The number of rotatable bonds is 5. The zero-order valence-electron chi connectivity index (χ0n) is 20.1. The lowest BCUT2D eigenvalue weighted by molar-refractivity contribution is -0.126. The summed E-state index contributed by atoms with van der Waals surface area (Å²) in [5.41, 5.74) is -2.86. The summed E-state index contributed by atoms with van der Waals surface area (Å²) in [6.45, 7) is 14.1. The molecule has 1 unspecified atom stereocenters. The number of nitrogens with zero attached hydrogens (tertiary/aromatic N) is 2. The van der Waals surface area contributed by atoms with Crippen LogP contribution in [0.1, 0.15) is 65.2 Å². The van der Waals surface area contributed by atoms with Crippen molar-refractivity contribution in [1.82, 2.24) is 14.8 Å². The molecule has 1 atom stereocenters. The van der Waals surface area contributed by atoms with Crippen LogP contribution in [-0.4, -0.2) is 57.4 Å². The highest BCUT2D eigenvalue weighted by atomic mass is 35.5. The van der Waals surface area contributed by atoms with E-state index in [1.165, 1.54) is 16.8 Å². The number of hydrogen-bond donors (Lipinski definition) is 2. The van der Waals surface area contributed by atoms with E-state index >= 15 is 0 Å². The third-order valence-corrected chi connectivity index (χ3v) is 6.03. The van der Waals surface area contributed by atoms with Crippen molar-refractivity contribution in [2.24, 2.45) is 11.3 Å². The van der Waals surface area contributed by atoms with Crippen molar-refractivity contribution in [1.29, 1.82) is 0 Å². The lowest BCUT2D eigenvalue weighted by Crippen LogP contribution is -2.61. The highest BCUT2D eigenvalue weighted by Crippen LogP contribution is 2.40. The molecule has 1 fully saturated rings. The molecule has 0 bridgehead atoms. The van der Waals surface area contributed by atoms with Crippen molar-refractivity contribution in [3.63, 3.8) is 0 Å². The van der Waals surface area contributed by atoms with Gasteiger partial charge in [0.05, 0.1) is 22.7 Å². The second kappa shape index (κ2) is 9.43. The number of carbonyl (C=O) groups excluding carboxylic acids is 2. The van der Waals surface area contributed by atoms with E-state index in [0.29, 0.717) is 13.1 Å². The van der Waals surface area contributed by atoms with Gasteiger partial charge in [-0.25, -0.2) is 4.79 Å². The van der Waals surface area contributed by atoms with Gasteiger partial charge in [-0.15, -0.1) is 0 Å². The van der Waals surface area contributed by atoms with Gasteiger partial charge in [0.2, 0.25) is 0 Å². The molecule has 8 nitrogen and oxygen atoms in total. The summed E-state index contributed by atoms with van der Waals surface area (Å²) < 4.78 is 6.78. The van der Waals surface area contributed by atoms with Gasteiger partial charge in [-0.1, -0.05) is 39.3 Å². The molecule has 2 rings (SSSR count). The highest BCUT2D eigenvalue weighted by molar-refractivity contribution is 6.33. The van der Waals surface area contributed by atoms with Crippen LogP contribution in [0.5, 0.6) is 0 Å².